The number of likely N-dealkylation sites (N-methyl/N-ethyl adjacent to an activating group) is 1. The van der Waals surface area contributed by atoms with Crippen molar-refractivity contribution in [2.75, 3.05) is 38.8 Å². The molecule has 0 aliphatic rings. The first-order valence-electron chi connectivity index (χ1n) is 6.83. The lowest BCUT2D eigenvalue weighted by molar-refractivity contribution is 0.206. The van der Waals surface area contributed by atoms with Gasteiger partial charge in [-0.1, -0.05) is 28.9 Å². The molecule has 1 atom stereocenters. The van der Waals surface area contributed by atoms with E-state index in [4.69, 9.17) is 4.74 Å². The Morgan fingerprint density at radius 1 is 1.42 bits per heavy atom. The summed E-state index contributed by atoms with van der Waals surface area (Å²) in [6, 6.07) is 6.90. The maximum absolute atomic E-state index is 5.11. The minimum absolute atomic E-state index is 0.368. The Bertz CT molecular complexity index is 384. The van der Waals surface area contributed by atoms with E-state index in [1.807, 2.05) is 0 Å². The van der Waals surface area contributed by atoms with E-state index in [1.54, 1.807) is 7.11 Å². The molecule has 0 aromatic heterocycles. The molecule has 1 unspecified atom stereocenters. The third-order valence-corrected chi connectivity index (χ3v) is 3.91. The molecule has 0 spiro atoms. The number of nitrogens with zero attached hydrogens (tertiary/aromatic N) is 1. The van der Waals surface area contributed by atoms with Crippen LogP contribution in [0.2, 0.25) is 0 Å². The van der Waals surface area contributed by atoms with Crippen LogP contribution in [0.1, 0.15) is 31.9 Å². The highest BCUT2D eigenvalue weighted by Gasteiger charge is 2.10. The summed E-state index contributed by atoms with van der Waals surface area (Å²) >= 11 is 3.68. The van der Waals surface area contributed by atoms with Gasteiger partial charge in [-0.25, -0.2) is 0 Å². The first-order valence-corrected chi connectivity index (χ1v) is 7.62. The molecule has 0 fully saturated rings. The monoisotopic (exact) mass is 328 g/mol. The molecule has 1 N–H and O–H groups in total. The predicted octanol–water partition coefficient (Wildman–Crippen LogP) is 3.59. The Labute approximate surface area is 125 Å². The summed E-state index contributed by atoms with van der Waals surface area (Å²) in [7, 11) is 3.81. The van der Waals surface area contributed by atoms with Crippen LogP contribution in [0.4, 0.5) is 5.69 Å². The highest BCUT2D eigenvalue weighted by Crippen LogP contribution is 2.27. The summed E-state index contributed by atoms with van der Waals surface area (Å²) in [5.74, 6) is 0. The fourth-order valence-corrected chi connectivity index (χ4v) is 2.64. The summed E-state index contributed by atoms with van der Waals surface area (Å²) in [5, 5.41) is 3.51. The quantitative estimate of drug-likeness (QED) is 0.789. The van der Waals surface area contributed by atoms with Gasteiger partial charge < -0.3 is 15.0 Å². The van der Waals surface area contributed by atoms with E-state index in [0.717, 1.165) is 30.6 Å². The van der Waals surface area contributed by atoms with E-state index >= 15 is 0 Å². The average molecular weight is 329 g/mol. The van der Waals surface area contributed by atoms with Crippen molar-refractivity contribution in [3.8, 4) is 0 Å². The second-order valence-corrected chi connectivity index (χ2v) is 5.65. The van der Waals surface area contributed by atoms with Crippen molar-refractivity contribution in [1.29, 1.82) is 0 Å². The van der Waals surface area contributed by atoms with Crippen LogP contribution in [0.5, 0.6) is 0 Å². The molecule has 3 nitrogen and oxygen atoms in total. The van der Waals surface area contributed by atoms with Crippen LogP contribution < -0.4 is 10.2 Å². The SMILES string of the molecule is CCCNC(C)c1ccc(N(C)CCOC)cc1Br. The van der Waals surface area contributed by atoms with Gasteiger partial charge in [-0.3, -0.25) is 0 Å². The zero-order valence-corrected chi connectivity index (χ0v) is 14.0. The van der Waals surface area contributed by atoms with Gasteiger partial charge in [-0.05, 0) is 37.6 Å². The van der Waals surface area contributed by atoms with Crippen molar-refractivity contribution in [1.82, 2.24) is 5.32 Å². The van der Waals surface area contributed by atoms with E-state index in [0.29, 0.717) is 6.04 Å². The maximum atomic E-state index is 5.11. The molecule has 0 bridgehead atoms. The number of nitrogens with one attached hydrogen (secondary N) is 1. The molecule has 1 aromatic rings. The molecule has 19 heavy (non-hydrogen) atoms. The molecule has 0 aliphatic heterocycles. The molecule has 0 aliphatic carbocycles. The van der Waals surface area contributed by atoms with Gasteiger partial charge in [0, 0.05) is 36.9 Å². The van der Waals surface area contributed by atoms with Crippen LogP contribution in [0.3, 0.4) is 0 Å². The summed E-state index contributed by atoms with van der Waals surface area (Å²) in [6.07, 6.45) is 1.15. The number of anilines is 1. The van der Waals surface area contributed by atoms with Gasteiger partial charge in [0.1, 0.15) is 0 Å². The highest BCUT2D eigenvalue weighted by atomic mass is 79.9. The lowest BCUT2D eigenvalue weighted by atomic mass is 10.1. The Morgan fingerprint density at radius 2 is 2.16 bits per heavy atom. The molecule has 0 heterocycles. The van der Waals surface area contributed by atoms with Gasteiger partial charge in [-0.15, -0.1) is 0 Å². The molecule has 0 amide bonds. The number of hydrogen-bond donors (Lipinski definition) is 1. The highest BCUT2D eigenvalue weighted by molar-refractivity contribution is 9.10. The molecule has 4 heteroatoms. The molecule has 1 aromatic carbocycles. The second-order valence-electron chi connectivity index (χ2n) is 4.80. The van der Waals surface area contributed by atoms with Gasteiger partial charge in [0.25, 0.3) is 0 Å². The first kappa shape index (κ1) is 16.5. The minimum atomic E-state index is 0.368. The van der Waals surface area contributed by atoms with Crippen LogP contribution in [-0.4, -0.2) is 33.9 Å². The fraction of sp³-hybridized carbons (Fsp3) is 0.600. The van der Waals surface area contributed by atoms with E-state index in [-0.39, 0.29) is 0 Å². The van der Waals surface area contributed by atoms with Gasteiger partial charge in [0.05, 0.1) is 6.61 Å². The number of benzene rings is 1. The number of ether oxygens (including phenoxy) is 1. The van der Waals surface area contributed by atoms with Crippen molar-refractivity contribution >= 4 is 21.6 Å². The fourth-order valence-electron chi connectivity index (χ4n) is 1.93. The Kier molecular flexibility index (Phi) is 7.42. The van der Waals surface area contributed by atoms with Crippen LogP contribution in [-0.2, 0) is 4.74 Å². The number of halogens is 1. The first-order chi connectivity index (χ1) is 9.10. The summed E-state index contributed by atoms with van der Waals surface area (Å²) in [4.78, 5) is 2.20. The predicted molar refractivity (Wildman–Crippen MR) is 86.0 cm³/mol. The third kappa shape index (κ3) is 5.13. The topological polar surface area (TPSA) is 24.5 Å². The molecule has 0 saturated heterocycles. The van der Waals surface area contributed by atoms with E-state index in [2.05, 4.69) is 65.2 Å². The lowest BCUT2D eigenvalue weighted by Crippen LogP contribution is -2.23. The smallest absolute Gasteiger partial charge is 0.0637 e. The Morgan fingerprint density at radius 3 is 2.74 bits per heavy atom. The molecular weight excluding hydrogens is 304 g/mol. The zero-order valence-electron chi connectivity index (χ0n) is 12.4. The minimum Gasteiger partial charge on any atom is -0.383 e. The largest absolute Gasteiger partial charge is 0.383 e. The molecule has 0 radical (unpaired) electrons. The molecule has 108 valence electrons. The van der Waals surface area contributed by atoms with Crippen LogP contribution in [0.25, 0.3) is 0 Å². The summed E-state index contributed by atoms with van der Waals surface area (Å²) < 4.78 is 6.26. The average Bonchev–Trinajstić information content (AvgIpc) is 2.41. The molecule has 1 rings (SSSR count). The standard InChI is InChI=1S/C15H25BrN2O/c1-5-8-17-12(2)14-7-6-13(11-15(14)16)18(3)9-10-19-4/h6-7,11-12,17H,5,8-10H2,1-4H3. The summed E-state index contributed by atoms with van der Waals surface area (Å²) in [6.45, 7) is 7.06. The van der Waals surface area contributed by atoms with Crippen molar-refractivity contribution in [3.63, 3.8) is 0 Å². The number of rotatable bonds is 8. The number of hydrogen-bond acceptors (Lipinski definition) is 3. The van der Waals surface area contributed by atoms with Gasteiger partial charge in [0.15, 0.2) is 0 Å². The van der Waals surface area contributed by atoms with Gasteiger partial charge in [-0.2, -0.15) is 0 Å². The van der Waals surface area contributed by atoms with E-state index < -0.39 is 0 Å². The lowest BCUT2D eigenvalue weighted by Gasteiger charge is -2.21. The molecule has 0 saturated carbocycles. The van der Waals surface area contributed by atoms with Crippen LogP contribution in [0, 0.1) is 0 Å². The van der Waals surface area contributed by atoms with Crippen molar-refractivity contribution < 1.29 is 4.74 Å². The van der Waals surface area contributed by atoms with Crippen molar-refractivity contribution in [2.24, 2.45) is 0 Å². The van der Waals surface area contributed by atoms with Gasteiger partial charge in [0.2, 0.25) is 0 Å². The Balaban J connectivity index is 2.73. The molecular formula is C15H25BrN2O. The van der Waals surface area contributed by atoms with Crippen LogP contribution in [0.15, 0.2) is 22.7 Å². The summed E-state index contributed by atoms with van der Waals surface area (Å²) in [5.41, 5.74) is 2.51. The zero-order chi connectivity index (χ0) is 14.3. The van der Waals surface area contributed by atoms with E-state index in [9.17, 15) is 0 Å². The second kappa shape index (κ2) is 8.56. The van der Waals surface area contributed by atoms with Crippen LogP contribution >= 0.6 is 15.9 Å². The number of methoxy groups -OCH3 is 1. The Hall–Kier alpha value is -0.580. The maximum Gasteiger partial charge on any atom is 0.0637 e. The van der Waals surface area contributed by atoms with Crippen molar-refractivity contribution in [2.45, 2.75) is 26.3 Å². The normalized spacial score (nSPS) is 12.5. The van der Waals surface area contributed by atoms with E-state index in [1.165, 1.54) is 11.3 Å². The third-order valence-electron chi connectivity index (χ3n) is 3.22. The van der Waals surface area contributed by atoms with Crippen molar-refractivity contribution in [3.05, 3.63) is 28.2 Å². The van der Waals surface area contributed by atoms with Gasteiger partial charge >= 0.3 is 0 Å².